The molecule has 0 fully saturated rings. The van der Waals surface area contributed by atoms with Crippen molar-refractivity contribution >= 4 is 26.3 Å². The molecule has 0 saturated heterocycles. The number of carbonyl (C=O) groups excluding carboxylic acids is 3. The van der Waals surface area contributed by atoms with Crippen molar-refractivity contribution in [2.24, 2.45) is 0 Å². The van der Waals surface area contributed by atoms with Crippen LogP contribution in [0.4, 0.5) is 4.79 Å². The fourth-order valence-corrected chi connectivity index (χ4v) is 3.57. The number of esters is 2. The van der Waals surface area contributed by atoms with Gasteiger partial charge in [-0.3, -0.25) is 4.90 Å². The van der Waals surface area contributed by atoms with Crippen LogP contribution < -0.4 is 0 Å². The minimum atomic E-state index is -2.21. The first-order valence-electron chi connectivity index (χ1n) is 8.28. The largest absolute Gasteiger partial charge is 0.547 e. The van der Waals surface area contributed by atoms with Gasteiger partial charge in [0.15, 0.2) is 0 Å². The van der Waals surface area contributed by atoms with Crippen LogP contribution in [0.1, 0.15) is 27.2 Å². The van der Waals surface area contributed by atoms with Crippen molar-refractivity contribution in [3.8, 4) is 0 Å². The van der Waals surface area contributed by atoms with Crippen LogP contribution in [-0.2, 0) is 28.2 Å². The van der Waals surface area contributed by atoms with Crippen molar-refractivity contribution < 1.29 is 33.0 Å². The van der Waals surface area contributed by atoms with Gasteiger partial charge in [-0.05, 0) is 24.2 Å². The van der Waals surface area contributed by atoms with E-state index in [9.17, 15) is 14.4 Å². The summed E-state index contributed by atoms with van der Waals surface area (Å²) >= 11 is 0. The summed E-state index contributed by atoms with van der Waals surface area (Å²) in [5, 5.41) is -0.0769. The summed E-state index contributed by atoms with van der Waals surface area (Å²) in [4.78, 5) is 38.4. The summed E-state index contributed by atoms with van der Waals surface area (Å²) in [6.07, 6.45) is 0.679. The number of nitrogens with zero attached hydrogens (tertiary/aromatic N) is 1. The van der Waals surface area contributed by atoms with Crippen molar-refractivity contribution in [2.75, 3.05) is 27.9 Å². The van der Waals surface area contributed by atoms with E-state index in [1.54, 1.807) is 6.08 Å². The zero-order valence-electron chi connectivity index (χ0n) is 16.8. The number of carbonyl (C=O) groups is 3. The lowest BCUT2D eigenvalue weighted by Crippen LogP contribution is -2.65. The van der Waals surface area contributed by atoms with Crippen LogP contribution in [-0.4, -0.2) is 64.7 Å². The Morgan fingerprint density at radius 3 is 1.92 bits per heavy atom. The van der Waals surface area contributed by atoms with Crippen LogP contribution in [0.25, 0.3) is 0 Å². The highest BCUT2D eigenvalue weighted by molar-refractivity contribution is 6.74. The van der Waals surface area contributed by atoms with Crippen LogP contribution >= 0.6 is 0 Å². The van der Waals surface area contributed by atoms with Gasteiger partial charge in [0.05, 0.1) is 27.1 Å². The van der Waals surface area contributed by atoms with Crippen molar-refractivity contribution in [3.63, 3.8) is 0 Å². The molecule has 0 aromatic rings. The quantitative estimate of drug-likeness (QED) is 0.317. The standard InChI is InChI=1S/C17H29NO7Si/c1-16(2,3)26(7,8)25-12-9-10-18(15(21)24-6)17(11-12,13(19)22-4)14(20)23-5/h9H,10-11H2,1-8H3. The van der Waals surface area contributed by atoms with E-state index in [1.165, 1.54) is 7.11 Å². The third-order valence-corrected chi connectivity index (χ3v) is 9.41. The van der Waals surface area contributed by atoms with Crippen LogP contribution in [0.15, 0.2) is 11.8 Å². The molecule has 0 saturated carbocycles. The lowest BCUT2D eigenvalue weighted by atomic mass is 9.89. The predicted molar refractivity (Wildman–Crippen MR) is 96.9 cm³/mol. The zero-order valence-corrected chi connectivity index (χ0v) is 17.8. The van der Waals surface area contributed by atoms with Crippen molar-refractivity contribution in [3.05, 3.63) is 11.8 Å². The number of hydrogen-bond donors (Lipinski definition) is 0. The number of rotatable bonds is 4. The molecule has 1 rings (SSSR count). The van der Waals surface area contributed by atoms with Crippen LogP contribution in [0.3, 0.4) is 0 Å². The van der Waals surface area contributed by atoms with Gasteiger partial charge in [0, 0.05) is 13.0 Å². The third-order valence-electron chi connectivity index (χ3n) is 5.03. The van der Waals surface area contributed by atoms with E-state index in [4.69, 9.17) is 18.6 Å². The highest BCUT2D eigenvalue weighted by atomic mass is 28.4. The lowest BCUT2D eigenvalue weighted by molar-refractivity contribution is -0.171. The number of hydrogen-bond acceptors (Lipinski definition) is 7. The molecule has 1 aliphatic rings. The molecule has 1 amide bonds. The Morgan fingerprint density at radius 2 is 1.54 bits per heavy atom. The molecule has 0 bridgehead atoms. The molecule has 0 spiro atoms. The molecule has 0 unspecified atom stereocenters. The average molecular weight is 388 g/mol. The van der Waals surface area contributed by atoms with E-state index >= 15 is 0 Å². The van der Waals surface area contributed by atoms with Gasteiger partial charge < -0.3 is 18.6 Å². The van der Waals surface area contributed by atoms with E-state index in [0.717, 1.165) is 19.1 Å². The smallest absolute Gasteiger partial charge is 0.411 e. The van der Waals surface area contributed by atoms with E-state index in [2.05, 4.69) is 33.9 Å². The Balaban J connectivity index is 3.40. The normalized spacial score (nSPS) is 17.1. The summed E-state index contributed by atoms with van der Waals surface area (Å²) in [6.45, 7) is 10.3. The van der Waals surface area contributed by atoms with E-state index < -0.39 is 31.9 Å². The molecule has 0 radical (unpaired) electrons. The Morgan fingerprint density at radius 1 is 1.04 bits per heavy atom. The molecule has 0 N–H and O–H groups in total. The van der Waals surface area contributed by atoms with Gasteiger partial charge in [0.2, 0.25) is 13.9 Å². The second-order valence-electron chi connectivity index (χ2n) is 7.63. The molecule has 26 heavy (non-hydrogen) atoms. The first-order valence-corrected chi connectivity index (χ1v) is 11.2. The molecule has 0 aromatic carbocycles. The van der Waals surface area contributed by atoms with Crippen molar-refractivity contribution in [2.45, 2.75) is 50.9 Å². The molecule has 0 atom stereocenters. The molecular weight excluding hydrogens is 358 g/mol. The van der Waals surface area contributed by atoms with E-state index in [0.29, 0.717) is 5.76 Å². The summed E-state index contributed by atoms with van der Waals surface area (Å²) < 4.78 is 20.6. The lowest BCUT2D eigenvalue weighted by Gasteiger charge is -2.43. The molecule has 1 heterocycles. The first-order chi connectivity index (χ1) is 11.9. The number of ether oxygens (including phenoxy) is 3. The van der Waals surface area contributed by atoms with Gasteiger partial charge in [0.25, 0.3) is 0 Å². The van der Waals surface area contributed by atoms with Gasteiger partial charge in [-0.1, -0.05) is 20.8 Å². The number of amides is 1. The van der Waals surface area contributed by atoms with Gasteiger partial charge >= 0.3 is 18.0 Å². The summed E-state index contributed by atoms with van der Waals surface area (Å²) in [5.41, 5.74) is -1.98. The Hall–Kier alpha value is -2.03. The maximum absolute atomic E-state index is 12.6. The minimum Gasteiger partial charge on any atom is -0.547 e. The van der Waals surface area contributed by atoms with Crippen LogP contribution in [0.5, 0.6) is 0 Å². The van der Waals surface area contributed by atoms with E-state index in [1.807, 2.05) is 0 Å². The number of methoxy groups -OCH3 is 3. The molecule has 148 valence electrons. The van der Waals surface area contributed by atoms with Crippen molar-refractivity contribution in [1.29, 1.82) is 0 Å². The second-order valence-corrected chi connectivity index (χ2v) is 12.4. The molecular formula is C17H29NO7Si. The fraction of sp³-hybridized carbons (Fsp3) is 0.706. The monoisotopic (exact) mass is 387 g/mol. The molecule has 9 heteroatoms. The second kappa shape index (κ2) is 7.69. The topological polar surface area (TPSA) is 91.4 Å². The van der Waals surface area contributed by atoms with Gasteiger partial charge in [0.1, 0.15) is 0 Å². The maximum Gasteiger partial charge on any atom is 0.411 e. The predicted octanol–water partition coefficient (Wildman–Crippen LogP) is 2.45. The Labute approximate surface area is 155 Å². The van der Waals surface area contributed by atoms with Gasteiger partial charge in [-0.2, -0.15) is 0 Å². The highest BCUT2D eigenvalue weighted by Gasteiger charge is 2.58. The Bertz CT molecular complexity index is 591. The average Bonchev–Trinajstić information content (AvgIpc) is 2.57. The fourth-order valence-electron chi connectivity index (χ4n) is 2.45. The SMILES string of the molecule is COC(=O)N1CC=C(O[Si](C)(C)C(C)(C)C)CC1(C(=O)OC)C(=O)OC. The van der Waals surface area contributed by atoms with Crippen molar-refractivity contribution in [1.82, 2.24) is 4.90 Å². The summed E-state index contributed by atoms with van der Waals surface area (Å²) in [7, 11) is 1.26. The third kappa shape index (κ3) is 3.87. The minimum absolute atomic E-state index is 0.0408. The summed E-state index contributed by atoms with van der Waals surface area (Å²) in [5.74, 6) is -1.34. The highest BCUT2D eigenvalue weighted by Crippen LogP contribution is 2.41. The van der Waals surface area contributed by atoms with Gasteiger partial charge in [-0.25, -0.2) is 14.4 Å². The molecule has 0 aromatic heterocycles. The maximum atomic E-state index is 12.6. The van der Waals surface area contributed by atoms with Crippen LogP contribution in [0, 0.1) is 0 Å². The Kier molecular flexibility index (Phi) is 6.51. The molecule has 0 aliphatic carbocycles. The first kappa shape index (κ1) is 22.0. The van der Waals surface area contributed by atoms with Gasteiger partial charge in [-0.15, -0.1) is 0 Å². The summed E-state index contributed by atoms with van der Waals surface area (Å²) in [6, 6.07) is 0. The van der Waals surface area contributed by atoms with E-state index in [-0.39, 0.29) is 18.0 Å². The molecule has 1 aliphatic heterocycles. The zero-order chi connectivity index (χ0) is 20.3. The molecule has 8 nitrogen and oxygen atoms in total. The van der Waals surface area contributed by atoms with Crippen LogP contribution in [0.2, 0.25) is 18.1 Å².